The molecule has 1 aliphatic carbocycles. The van der Waals surface area contributed by atoms with Gasteiger partial charge in [0.25, 0.3) is 0 Å². The topological polar surface area (TPSA) is 0 Å². The third kappa shape index (κ3) is 2.38. The summed E-state index contributed by atoms with van der Waals surface area (Å²) in [6, 6.07) is 9.16. The minimum Gasteiger partial charge on any atom is -0.0884 e. The molecular weight excluding hydrogens is 236 g/mol. The van der Waals surface area contributed by atoms with Crippen LogP contribution >= 0.6 is 15.9 Å². The van der Waals surface area contributed by atoms with E-state index >= 15 is 0 Å². The van der Waals surface area contributed by atoms with Crippen LogP contribution in [0.2, 0.25) is 0 Å². The quantitative estimate of drug-likeness (QED) is 0.710. The number of halogens is 1. The number of benzene rings is 1. The molecular formula is C13H17Br. The largest absolute Gasteiger partial charge is 0.0884 e. The normalized spacial score (nSPS) is 25.4. The van der Waals surface area contributed by atoms with E-state index in [4.69, 9.17) is 0 Å². The molecule has 14 heavy (non-hydrogen) atoms. The Bertz CT molecular complexity index is 300. The Balaban J connectivity index is 2.03. The van der Waals surface area contributed by atoms with E-state index in [9.17, 15) is 0 Å². The fourth-order valence-corrected chi connectivity index (χ4v) is 2.59. The Morgan fingerprint density at radius 1 is 1.29 bits per heavy atom. The fourth-order valence-electron chi connectivity index (χ4n) is 1.88. The number of alkyl halides is 1. The van der Waals surface area contributed by atoms with Gasteiger partial charge in [-0.05, 0) is 35.8 Å². The van der Waals surface area contributed by atoms with Crippen molar-refractivity contribution in [1.29, 1.82) is 0 Å². The maximum atomic E-state index is 3.64. The SMILES string of the molecule is CC(C)Cc1ccc([C@@H]2C[C@H]2Br)cc1. The summed E-state index contributed by atoms with van der Waals surface area (Å²) in [5.74, 6) is 1.54. The van der Waals surface area contributed by atoms with Crippen molar-refractivity contribution in [1.82, 2.24) is 0 Å². The van der Waals surface area contributed by atoms with Gasteiger partial charge in [-0.1, -0.05) is 54.0 Å². The van der Waals surface area contributed by atoms with Crippen LogP contribution in [0.25, 0.3) is 0 Å². The van der Waals surface area contributed by atoms with Crippen molar-refractivity contribution in [2.75, 3.05) is 0 Å². The predicted molar refractivity (Wildman–Crippen MR) is 65.1 cm³/mol. The monoisotopic (exact) mass is 252 g/mol. The van der Waals surface area contributed by atoms with Gasteiger partial charge in [-0.2, -0.15) is 0 Å². The van der Waals surface area contributed by atoms with Crippen LogP contribution in [0.3, 0.4) is 0 Å². The minimum atomic E-state index is 0.735. The van der Waals surface area contributed by atoms with Crippen LogP contribution in [0.15, 0.2) is 24.3 Å². The predicted octanol–water partition coefficient (Wildman–Crippen LogP) is 4.14. The van der Waals surface area contributed by atoms with Crippen molar-refractivity contribution in [3.63, 3.8) is 0 Å². The lowest BCUT2D eigenvalue weighted by atomic mass is 10.0. The Morgan fingerprint density at radius 3 is 2.29 bits per heavy atom. The highest BCUT2D eigenvalue weighted by molar-refractivity contribution is 9.09. The van der Waals surface area contributed by atoms with Gasteiger partial charge in [-0.3, -0.25) is 0 Å². The first kappa shape index (κ1) is 10.2. The van der Waals surface area contributed by atoms with Crippen molar-refractivity contribution in [3.8, 4) is 0 Å². The van der Waals surface area contributed by atoms with E-state index in [0.717, 1.165) is 16.7 Å². The molecule has 0 N–H and O–H groups in total. The van der Waals surface area contributed by atoms with Crippen LogP contribution < -0.4 is 0 Å². The zero-order valence-corrected chi connectivity index (χ0v) is 10.4. The Labute approximate surface area is 94.8 Å². The smallest absolute Gasteiger partial charge is 0.0221 e. The van der Waals surface area contributed by atoms with E-state index in [1.54, 1.807) is 0 Å². The molecule has 1 aromatic rings. The van der Waals surface area contributed by atoms with E-state index in [1.165, 1.54) is 24.0 Å². The second-order valence-electron chi connectivity index (χ2n) is 4.70. The average molecular weight is 253 g/mol. The van der Waals surface area contributed by atoms with Crippen molar-refractivity contribution < 1.29 is 0 Å². The molecule has 0 nitrogen and oxygen atoms in total. The molecule has 1 fully saturated rings. The van der Waals surface area contributed by atoms with Gasteiger partial charge in [0.05, 0.1) is 0 Å². The molecule has 0 bridgehead atoms. The van der Waals surface area contributed by atoms with E-state index in [0.29, 0.717) is 0 Å². The second-order valence-corrected chi connectivity index (χ2v) is 5.87. The van der Waals surface area contributed by atoms with E-state index < -0.39 is 0 Å². The van der Waals surface area contributed by atoms with Gasteiger partial charge in [-0.25, -0.2) is 0 Å². The van der Waals surface area contributed by atoms with Gasteiger partial charge in [0.2, 0.25) is 0 Å². The first-order chi connectivity index (χ1) is 6.66. The lowest BCUT2D eigenvalue weighted by molar-refractivity contribution is 0.647. The highest BCUT2D eigenvalue weighted by Gasteiger charge is 2.35. The van der Waals surface area contributed by atoms with E-state index in [-0.39, 0.29) is 0 Å². The van der Waals surface area contributed by atoms with Gasteiger partial charge in [0.15, 0.2) is 0 Å². The molecule has 1 saturated carbocycles. The molecule has 0 saturated heterocycles. The first-order valence-corrected chi connectivity index (χ1v) is 6.31. The third-order valence-electron chi connectivity index (χ3n) is 2.76. The molecule has 1 aliphatic rings. The first-order valence-electron chi connectivity index (χ1n) is 5.39. The fraction of sp³-hybridized carbons (Fsp3) is 0.538. The second kappa shape index (κ2) is 4.06. The molecule has 0 amide bonds. The van der Waals surface area contributed by atoms with Gasteiger partial charge in [-0.15, -0.1) is 0 Å². The summed E-state index contributed by atoms with van der Waals surface area (Å²) >= 11 is 3.64. The average Bonchev–Trinajstić information content (AvgIpc) is 2.83. The molecule has 2 atom stereocenters. The number of hydrogen-bond donors (Lipinski definition) is 0. The van der Waals surface area contributed by atoms with Crippen molar-refractivity contribution in [2.45, 2.75) is 37.4 Å². The highest BCUT2D eigenvalue weighted by atomic mass is 79.9. The maximum absolute atomic E-state index is 3.64. The summed E-state index contributed by atoms with van der Waals surface area (Å²) in [5, 5.41) is 0. The van der Waals surface area contributed by atoms with Crippen LogP contribution in [-0.2, 0) is 6.42 Å². The zero-order valence-electron chi connectivity index (χ0n) is 8.83. The van der Waals surface area contributed by atoms with Gasteiger partial charge < -0.3 is 0 Å². The molecule has 0 unspecified atom stereocenters. The number of hydrogen-bond acceptors (Lipinski definition) is 0. The van der Waals surface area contributed by atoms with Crippen LogP contribution in [-0.4, -0.2) is 4.83 Å². The van der Waals surface area contributed by atoms with Crippen molar-refractivity contribution in [3.05, 3.63) is 35.4 Å². The summed E-state index contributed by atoms with van der Waals surface area (Å²) in [5.41, 5.74) is 2.97. The van der Waals surface area contributed by atoms with E-state index in [2.05, 4.69) is 54.0 Å². The Morgan fingerprint density at radius 2 is 1.86 bits per heavy atom. The lowest BCUT2D eigenvalue weighted by Crippen LogP contribution is -1.94. The van der Waals surface area contributed by atoms with Crippen molar-refractivity contribution >= 4 is 15.9 Å². The minimum absolute atomic E-state index is 0.735. The molecule has 0 aliphatic heterocycles. The summed E-state index contributed by atoms with van der Waals surface area (Å²) in [7, 11) is 0. The lowest BCUT2D eigenvalue weighted by Gasteiger charge is -2.05. The Hall–Kier alpha value is -0.300. The Kier molecular flexibility index (Phi) is 2.96. The highest BCUT2D eigenvalue weighted by Crippen LogP contribution is 2.46. The molecule has 2 rings (SSSR count). The molecule has 1 aromatic carbocycles. The van der Waals surface area contributed by atoms with Gasteiger partial charge in [0, 0.05) is 4.83 Å². The zero-order chi connectivity index (χ0) is 10.1. The molecule has 1 heteroatoms. The van der Waals surface area contributed by atoms with E-state index in [1.807, 2.05) is 0 Å². The molecule has 0 aromatic heterocycles. The van der Waals surface area contributed by atoms with Crippen LogP contribution in [0.4, 0.5) is 0 Å². The number of rotatable bonds is 3. The molecule has 0 spiro atoms. The van der Waals surface area contributed by atoms with Gasteiger partial charge in [0.1, 0.15) is 0 Å². The van der Waals surface area contributed by atoms with Crippen LogP contribution in [0.1, 0.15) is 37.3 Å². The summed E-state index contributed by atoms with van der Waals surface area (Å²) in [6.07, 6.45) is 2.51. The van der Waals surface area contributed by atoms with Gasteiger partial charge >= 0.3 is 0 Å². The molecule has 0 heterocycles. The van der Waals surface area contributed by atoms with Crippen LogP contribution in [0.5, 0.6) is 0 Å². The maximum Gasteiger partial charge on any atom is 0.0221 e. The molecule has 76 valence electrons. The summed E-state index contributed by atoms with van der Waals surface area (Å²) in [4.78, 5) is 0.735. The summed E-state index contributed by atoms with van der Waals surface area (Å²) in [6.45, 7) is 4.53. The van der Waals surface area contributed by atoms with Crippen LogP contribution in [0, 0.1) is 5.92 Å². The third-order valence-corrected chi connectivity index (χ3v) is 3.78. The molecule has 0 radical (unpaired) electrons. The van der Waals surface area contributed by atoms with Crippen molar-refractivity contribution in [2.24, 2.45) is 5.92 Å². The standard InChI is InChI=1S/C13H17Br/c1-9(2)7-10-3-5-11(6-4-10)12-8-13(12)14/h3-6,9,12-13H,7-8H2,1-2H3/t12-,13+/m0/s1. The summed E-state index contributed by atoms with van der Waals surface area (Å²) < 4.78 is 0.